The van der Waals surface area contributed by atoms with Gasteiger partial charge in [-0.1, -0.05) is 0 Å². The molecule has 0 saturated heterocycles. The van der Waals surface area contributed by atoms with Crippen molar-refractivity contribution in [3.05, 3.63) is 10.8 Å². The van der Waals surface area contributed by atoms with Crippen molar-refractivity contribution in [2.24, 2.45) is 0 Å². The Morgan fingerprint density at radius 2 is 2.33 bits per heavy atom. The summed E-state index contributed by atoms with van der Waals surface area (Å²) < 4.78 is 10.9. The third-order valence-corrected chi connectivity index (χ3v) is 2.49. The summed E-state index contributed by atoms with van der Waals surface area (Å²) in [5.74, 6) is 1.56. The first kappa shape index (κ1) is 7.89. The predicted octanol–water partition coefficient (Wildman–Crippen LogP) is 1.27. The van der Waals surface area contributed by atoms with E-state index in [1.807, 2.05) is 10.8 Å². The van der Waals surface area contributed by atoms with Gasteiger partial charge in [0.1, 0.15) is 6.10 Å². The van der Waals surface area contributed by atoms with Gasteiger partial charge in [0.15, 0.2) is 11.5 Å². The lowest BCUT2D eigenvalue weighted by atomic mass is 10.3. The molecule has 1 atom stereocenters. The van der Waals surface area contributed by atoms with Crippen LogP contribution in [0.3, 0.4) is 0 Å². The van der Waals surface area contributed by atoms with Crippen molar-refractivity contribution in [3.63, 3.8) is 0 Å². The van der Waals surface area contributed by atoms with Gasteiger partial charge in [-0.05, 0) is 0 Å². The van der Waals surface area contributed by atoms with Gasteiger partial charge in [0.2, 0.25) is 0 Å². The lowest BCUT2D eigenvalue weighted by molar-refractivity contribution is 0.110. The average Bonchev–Trinajstić information content (AvgIpc) is 2.43. The molecule has 66 valence electrons. The molecule has 1 N–H and O–H groups in total. The van der Waals surface area contributed by atoms with Crippen molar-refractivity contribution in [2.45, 2.75) is 12.5 Å². The Labute approximate surface area is 74.5 Å². The Bertz CT molecular complexity index is 259. The summed E-state index contributed by atoms with van der Waals surface area (Å²) in [5, 5.41) is 12.7. The summed E-state index contributed by atoms with van der Waals surface area (Å²) in [6.07, 6.45) is 0.636. The molecule has 12 heavy (non-hydrogen) atoms. The van der Waals surface area contributed by atoms with Crippen molar-refractivity contribution < 1.29 is 14.6 Å². The van der Waals surface area contributed by atoms with Gasteiger partial charge in [0.25, 0.3) is 0 Å². The van der Waals surface area contributed by atoms with Crippen LogP contribution in [-0.4, -0.2) is 24.4 Å². The molecule has 0 bridgehead atoms. The minimum Gasteiger partial charge on any atom is -0.489 e. The zero-order valence-corrected chi connectivity index (χ0v) is 7.34. The van der Waals surface area contributed by atoms with E-state index in [2.05, 4.69) is 0 Å². The van der Waals surface area contributed by atoms with Gasteiger partial charge in [-0.15, -0.1) is 11.3 Å². The molecule has 1 aromatic rings. The van der Waals surface area contributed by atoms with Crippen LogP contribution in [0.1, 0.15) is 6.42 Å². The molecule has 0 spiro atoms. The Morgan fingerprint density at radius 1 is 1.50 bits per heavy atom. The second-order valence-corrected chi connectivity index (χ2v) is 3.40. The topological polar surface area (TPSA) is 38.7 Å². The lowest BCUT2D eigenvalue weighted by Gasteiger charge is -2.10. The molecule has 1 aromatic heterocycles. The van der Waals surface area contributed by atoms with Crippen LogP contribution in [0.4, 0.5) is 0 Å². The highest BCUT2D eigenvalue weighted by Crippen LogP contribution is 2.34. The van der Waals surface area contributed by atoms with Crippen molar-refractivity contribution in [1.82, 2.24) is 0 Å². The summed E-state index contributed by atoms with van der Waals surface area (Å²) in [6, 6.07) is 0. The van der Waals surface area contributed by atoms with Gasteiger partial charge >= 0.3 is 0 Å². The fraction of sp³-hybridized carbons (Fsp3) is 0.500. The molecular weight excluding hydrogens is 176 g/mol. The first-order valence-corrected chi connectivity index (χ1v) is 4.81. The molecule has 4 heteroatoms. The first-order chi connectivity index (χ1) is 5.90. The molecule has 0 amide bonds. The largest absolute Gasteiger partial charge is 0.489 e. The van der Waals surface area contributed by atoms with Crippen LogP contribution in [0.5, 0.6) is 11.5 Å². The molecule has 2 heterocycles. The number of thiophene rings is 1. The summed E-state index contributed by atoms with van der Waals surface area (Å²) in [4.78, 5) is 0. The van der Waals surface area contributed by atoms with Crippen molar-refractivity contribution >= 4 is 11.3 Å². The zero-order valence-electron chi connectivity index (χ0n) is 6.53. The Morgan fingerprint density at radius 3 is 3.17 bits per heavy atom. The van der Waals surface area contributed by atoms with Gasteiger partial charge in [-0.2, -0.15) is 0 Å². The number of fused-ring (bicyclic) bond motifs is 1. The van der Waals surface area contributed by atoms with Crippen molar-refractivity contribution in [1.29, 1.82) is 0 Å². The van der Waals surface area contributed by atoms with Crippen LogP contribution in [0.2, 0.25) is 0 Å². The second kappa shape index (κ2) is 3.33. The van der Waals surface area contributed by atoms with Crippen LogP contribution >= 0.6 is 11.3 Å². The van der Waals surface area contributed by atoms with E-state index < -0.39 is 0 Å². The van der Waals surface area contributed by atoms with Gasteiger partial charge in [-0.25, -0.2) is 0 Å². The smallest absolute Gasteiger partial charge is 0.172 e. The molecule has 0 aliphatic carbocycles. The van der Waals surface area contributed by atoms with E-state index in [1.54, 1.807) is 11.3 Å². The summed E-state index contributed by atoms with van der Waals surface area (Å²) in [6.45, 7) is 0.674. The normalized spacial score (nSPS) is 21.9. The maximum atomic E-state index is 8.90. The van der Waals surface area contributed by atoms with E-state index >= 15 is 0 Å². The average molecular weight is 186 g/mol. The predicted molar refractivity (Wildman–Crippen MR) is 45.9 cm³/mol. The third kappa shape index (κ3) is 1.40. The van der Waals surface area contributed by atoms with E-state index in [0.717, 1.165) is 17.9 Å². The van der Waals surface area contributed by atoms with E-state index in [1.165, 1.54) is 0 Å². The summed E-state index contributed by atoms with van der Waals surface area (Å²) in [7, 11) is 0. The summed E-state index contributed by atoms with van der Waals surface area (Å²) in [5.41, 5.74) is 0. The van der Waals surface area contributed by atoms with E-state index in [9.17, 15) is 0 Å². The number of aliphatic hydroxyl groups is 1. The fourth-order valence-corrected chi connectivity index (χ4v) is 1.80. The molecule has 3 nitrogen and oxygen atoms in total. The number of rotatable bonds is 1. The third-order valence-electron chi connectivity index (χ3n) is 1.79. The molecule has 2 rings (SSSR count). The molecule has 1 aliphatic rings. The van der Waals surface area contributed by atoms with Crippen LogP contribution in [0.25, 0.3) is 0 Å². The second-order valence-electron chi connectivity index (χ2n) is 2.66. The number of hydrogen-bond acceptors (Lipinski definition) is 4. The Balaban J connectivity index is 2.18. The SMILES string of the molecule is OCC1CCOc2cscc2O1. The lowest BCUT2D eigenvalue weighted by Crippen LogP contribution is -2.21. The molecule has 1 aliphatic heterocycles. The highest BCUT2D eigenvalue weighted by molar-refractivity contribution is 7.08. The minimum atomic E-state index is -0.110. The molecule has 0 radical (unpaired) electrons. The van der Waals surface area contributed by atoms with Crippen LogP contribution in [0.15, 0.2) is 10.8 Å². The van der Waals surface area contributed by atoms with E-state index in [0.29, 0.717) is 6.61 Å². The maximum absolute atomic E-state index is 8.90. The number of aliphatic hydroxyl groups excluding tert-OH is 1. The van der Waals surface area contributed by atoms with Crippen LogP contribution in [-0.2, 0) is 0 Å². The van der Waals surface area contributed by atoms with Gasteiger partial charge in [-0.3, -0.25) is 0 Å². The molecule has 1 unspecified atom stereocenters. The number of hydrogen-bond donors (Lipinski definition) is 1. The zero-order chi connectivity index (χ0) is 8.39. The van der Waals surface area contributed by atoms with E-state index in [4.69, 9.17) is 14.6 Å². The van der Waals surface area contributed by atoms with Crippen molar-refractivity contribution in [3.8, 4) is 11.5 Å². The van der Waals surface area contributed by atoms with E-state index in [-0.39, 0.29) is 12.7 Å². The quantitative estimate of drug-likeness (QED) is 0.717. The highest BCUT2D eigenvalue weighted by Gasteiger charge is 2.17. The Hall–Kier alpha value is -0.740. The summed E-state index contributed by atoms with van der Waals surface area (Å²) >= 11 is 1.55. The standard InChI is InChI=1S/C8H10O3S/c9-3-6-1-2-10-7-4-12-5-8(7)11-6/h4-6,9H,1-3H2. The Kier molecular flexibility index (Phi) is 2.19. The van der Waals surface area contributed by atoms with Crippen molar-refractivity contribution in [2.75, 3.05) is 13.2 Å². The molecular formula is C8H10O3S. The maximum Gasteiger partial charge on any atom is 0.172 e. The van der Waals surface area contributed by atoms with Gasteiger partial charge < -0.3 is 14.6 Å². The van der Waals surface area contributed by atoms with Crippen LogP contribution in [0, 0.1) is 0 Å². The van der Waals surface area contributed by atoms with Gasteiger partial charge in [0, 0.05) is 17.2 Å². The fourth-order valence-electron chi connectivity index (χ4n) is 1.13. The van der Waals surface area contributed by atoms with Crippen LogP contribution < -0.4 is 9.47 Å². The molecule has 0 fully saturated rings. The number of ether oxygens (including phenoxy) is 2. The molecule has 0 saturated carbocycles. The van der Waals surface area contributed by atoms with Gasteiger partial charge in [0.05, 0.1) is 13.2 Å². The molecule has 0 aromatic carbocycles. The monoisotopic (exact) mass is 186 g/mol. The minimum absolute atomic E-state index is 0.0542. The highest BCUT2D eigenvalue weighted by atomic mass is 32.1. The first-order valence-electron chi connectivity index (χ1n) is 3.86.